The third kappa shape index (κ3) is 4.01. The van der Waals surface area contributed by atoms with Crippen LogP contribution in [0.15, 0.2) is 12.1 Å². The molecular weight excluding hydrogens is 252 g/mol. The van der Waals surface area contributed by atoms with Crippen LogP contribution in [0.4, 0.5) is 0 Å². The van der Waals surface area contributed by atoms with Gasteiger partial charge in [0.1, 0.15) is 0 Å². The lowest BCUT2D eigenvalue weighted by Crippen LogP contribution is -2.24. The van der Waals surface area contributed by atoms with E-state index in [1.807, 2.05) is 0 Å². The van der Waals surface area contributed by atoms with Crippen LogP contribution in [0.5, 0.6) is 0 Å². The molecule has 0 aliphatic carbocycles. The Hall–Kier alpha value is -0.970. The normalized spacial score (nSPS) is 18.9. The zero-order valence-corrected chi connectivity index (χ0v) is 12.9. The molecule has 1 aliphatic rings. The van der Waals surface area contributed by atoms with Gasteiger partial charge in [0.2, 0.25) is 0 Å². The standard InChI is InChI=1S/C16H26N2O2/c1-4-14-5-6-15(13-7-9-20-12-13)16(17-14)11-18(2)8-10-19-3/h5-6,13H,4,7-12H2,1-3H3/t13-/m1/s1. The molecule has 0 amide bonds. The molecule has 112 valence electrons. The predicted molar refractivity (Wildman–Crippen MR) is 80.0 cm³/mol. The Labute approximate surface area is 122 Å². The number of aromatic nitrogens is 1. The molecule has 1 saturated heterocycles. The molecule has 1 atom stereocenters. The highest BCUT2D eigenvalue weighted by Gasteiger charge is 2.22. The second-order valence-corrected chi connectivity index (χ2v) is 5.48. The first-order chi connectivity index (χ1) is 9.74. The molecule has 0 radical (unpaired) electrons. The van der Waals surface area contributed by atoms with Crippen LogP contribution in [0.25, 0.3) is 0 Å². The Balaban J connectivity index is 2.14. The van der Waals surface area contributed by atoms with E-state index in [1.54, 1.807) is 7.11 Å². The highest BCUT2D eigenvalue weighted by molar-refractivity contribution is 5.28. The van der Waals surface area contributed by atoms with Crippen LogP contribution >= 0.6 is 0 Å². The monoisotopic (exact) mass is 278 g/mol. The van der Waals surface area contributed by atoms with Crippen LogP contribution in [-0.4, -0.2) is 50.4 Å². The van der Waals surface area contributed by atoms with Gasteiger partial charge in [-0.1, -0.05) is 13.0 Å². The summed E-state index contributed by atoms with van der Waals surface area (Å²) in [5.74, 6) is 0.513. The summed E-state index contributed by atoms with van der Waals surface area (Å²) in [6, 6.07) is 4.41. The van der Waals surface area contributed by atoms with Crippen LogP contribution < -0.4 is 0 Å². The van der Waals surface area contributed by atoms with E-state index in [0.29, 0.717) is 5.92 Å². The van der Waals surface area contributed by atoms with Gasteiger partial charge >= 0.3 is 0 Å². The summed E-state index contributed by atoms with van der Waals surface area (Å²) in [5.41, 5.74) is 3.74. The average molecular weight is 278 g/mol. The highest BCUT2D eigenvalue weighted by Crippen LogP contribution is 2.28. The van der Waals surface area contributed by atoms with Crippen molar-refractivity contribution >= 4 is 0 Å². The van der Waals surface area contributed by atoms with Gasteiger partial charge in [0.05, 0.1) is 18.9 Å². The van der Waals surface area contributed by atoms with E-state index in [2.05, 4.69) is 31.0 Å². The summed E-state index contributed by atoms with van der Waals surface area (Å²) in [4.78, 5) is 7.11. The van der Waals surface area contributed by atoms with Gasteiger partial charge in [-0.05, 0) is 31.5 Å². The van der Waals surface area contributed by atoms with E-state index in [0.717, 1.165) is 45.8 Å². The van der Waals surface area contributed by atoms with Crippen LogP contribution in [0, 0.1) is 0 Å². The minimum atomic E-state index is 0.513. The molecule has 0 spiro atoms. The molecule has 0 aromatic carbocycles. The molecule has 1 aliphatic heterocycles. The van der Waals surface area contributed by atoms with E-state index in [9.17, 15) is 0 Å². The predicted octanol–water partition coefficient (Wildman–Crippen LogP) is 2.23. The van der Waals surface area contributed by atoms with Crippen LogP contribution in [0.2, 0.25) is 0 Å². The highest BCUT2D eigenvalue weighted by atomic mass is 16.5. The van der Waals surface area contributed by atoms with Crippen molar-refractivity contribution in [3.05, 3.63) is 29.1 Å². The summed E-state index contributed by atoms with van der Waals surface area (Å²) < 4.78 is 10.7. The second-order valence-electron chi connectivity index (χ2n) is 5.48. The molecule has 1 aromatic rings. The zero-order valence-electron chi connectivity index (χ0n) is 12.9. The number of hydrogen-bond acceptors (Lipinski definition) is 4. The van der Waals surface area contributed by atoms with Crippen molar-refractivity contribution in [2.24, 2.45) is 0 Å². The van der Waals surface area contributed by atoms with E-state index in [1.165, 1.54) is 17.0 Å². The second kappa shape index (κ2) is 7.72. The molecule has 2 rings (SSSR count). The van der Waals surface area contributed by atoms with Gasteiger partial charge in [-0.15, -0.1) is 0 Å². The van der Waals surface area contributed by atoms with Crippen molar-refractivity contribution in [3.8, 4) is 0 Å². The fourth-order valence-corrected chi connectivity index (χ4v) is 2.61. The summed E-state index contributed by atoms with van der Waals surface area (Å²) >= 11 is 0. The van der Waals surface area contributed by atoms with Gasteiger partial charge in [0.25, 0.3) is 0 Å². The molecular formula is C16H26N2O2. The molecule has 1 fully saturated rings. The lowest BCUT2D eigenvalue weighted by Gasteiger charge is -2.20. The number of rotatable bonds is 7. The minimum Gasteiger partial charge on any atom is -0.383 e. The van der Waals surface area contributed by atoms with Gasteiger partial charge in [0.15, 0.2) is 0 Å². The first kappa shape index (κ1) is 15.4. The van der Waals surface area contributed by atoms with Crippen LogP contribution in [0.3, 0.4) is 0 Å². The Bertz CT molecular complexity index is 417. The molecule has 2 heterocycles. The number of aryl methyl sites for hydroxylation is 1. The SMILES string of the molecule is CCc1ccc([C@@H]2CCOC2)c(CN(C)CCOC)n1. The van der Waals surface area contributed by atoms with E-state index >= 15 is 0 Å². The minimum absolute atomic E-state index is 0.513. The number of likely N-dealkylation sites (N-methyl/N-ethyl adjacent to an activating group) is 1. The number of nitrogens with zero attached hydrogens (tertiary/aromatic N) is 2. The van der Waals surface area contributed by atoms with E-state index in [4.69, 9.17) is 14.5 Å². The summed E-state index contributed by atoms with van der Waals surface area (Å²) in [6.07, 6.45) is 2.10. The maximum Gasteiger partial charge on any atom is 0.0589 e. The first-order valence-corrected chi connectivity index (χ1v) is 7.48. The quantitative estimate of drug-likeness (QED) is 0.766. The van der Waals surface area contributed by atoms with Gasteiger partial charge in [-0.25, -0.2) is 0 Å². The maximum absolute atomic E-state index is 5.53. The van der Waals surface area contributed by atoms with Crippen molar-refractivity contribution < 1.29 is 9.47 Å². The third-order valence-electron chi connectivity index (χ3n) is 3.90. The third-order valence-corrected chi connectivity index (χ3v) is 3.90. The first-order valence-electron chi connectivity index (χ1n) is 7.48. The van der Waals surface area contributed by atoms with Crippen molar-refractivity contribution in [1.29, 1.82) is 0 Å². The fourth-order valence-electron chi connectivity index (χ4n) is 2.61. The lowest BCUT2D eigenvalue weighted by molar-refractivity contribution is 0.157. The fraction of sp³-hybridized carbons (Fsp3) is 0.688. The van der Waals surface area contributed by atoms with E-state index < -0.39 is 0 Å². The molecule has 4 heteroatoms. The van der Waals surface area contributed by atoms with E-state index in [-0.39, 0.29) is 0 Å². The van der Waals surface area contributed by atoms with Gasteiger partial charge < -0.3 is 9.47 Å². The molecule has 0 N–H and O–H groups in total. The summed E-state index contributed by atoms with van der Waals surface area (Å²) in [7, 11) is 3.86. The summed E-state index contributed by atoms with van der Waals surface area (Å²) in [5, 5.41) is 0. The Morgan fingerprint density at radius 2 is 2.30 bits per heavy atom. The lowest BCUT2D eigenvalue weighted by atomic mass is 9.96. The molecule has 1 aromatic heterocycles. The smallest absolute Gasteiger partial charge is 0.0589 e. The number of pyridine rings is 1. The van der Waals surface area contributed by atoms with Crippen molar-refractivity contribution in [1.82, 2.24) is 9.88 Å². The largest absolute Gasteiger partial charge is 0.383 e. The Morgan fingerprint density at radius 3 is 2.95 bits per heavy atom. The molecule has 20 heavy (non-hydrogen) atoms. The number of methoxy groups -OCH3 is 1. The molecule has 4 nitrogen and oxygen atoms in total. The van der Waals surface area contributed by atoms with Gasteiger partial charge in [0, 0.05) is 38.4 Å². The van der Waals surface area contributed by atoms with Crippen molar-refractivity contribution in [2.45, 2.75) is 32.2 Å². The van der Waals surface area contributed by atoms with Crippen molar-refractivity contribution in [2.75, 3.05) is 40.5 Å². The number of hydrogen-bond donors (Lipinski definition) is 0. The van der Waals surface area contributed by atoms with Gasteiger partial charge in [-0.2, -0.15) is 0 Å². The molecule has 0 unspecified atom stereocenters. The van der Waals surface area contributed by atoms with Crippen molar-refractivity contribution in [3.63, 3.8) is 0 Å². The van der Waals surface area contributed by atoms with Gasteiger partial charge in [-0.3, -0.25) is 9.88 Å². The molecule has 0 saturated carbocycles. The maximum atomic E-state index is 5.53. The van der Waals surface area contributed by atoms with Crippen LogP contribution in [-0.2, 0) is 22.4 Å². The Morgan fingerprint density at radius 1 is 1.45 bits per heavy atom. The number of ether oxygens (including phenoxy) is 2. The van der Waals surface area contributed by atoms with Crippen LogP contribution in [0.1, 0.15) is 36.2 Å². The average Bonchev–Trinajstić information content (AvgIpc) is 2.99. The summed E-state index contributed by atoms with van der Waals surface area (Å²) in [6.45, 7) is 6.42. The topological polar surface area (TPSA) is 34.6 Å². The Kier molecular flexibility index (Phi) is 5.95. The zero-order chi connectivity index (χ0) is 14.4. The molecule has 0 bridgehead atoms.